The van der Waals surface area contributed by atoms with Crippen LogP contribution in [0.3, 0.4) is 0 Å². The number of amides is 3. The minimum Gasteiger partial charge on any atom is -0.452 e. The van der Waals surface area contributed by atoms with Crippen LogP contribution < -0.4 is 10.2 Å². The molecule has 2 saturated carbocycles. The molecular weight excluding hydrogens is 571 g/mol. The molecule has 5 rings (SSSR count). The van der Waals surface area contributed by atoms with Gasteiger partial charge in [0, 0.05) is 10.2 Å². The smallest absolute Gasteiger partial charge is 0.338 e. The number of halogens is 3. The van der Waals surface area contributed by atoms with E-state index in [2.05, 4.69) is 21.2 Å². The molecule has 3 amide bonds. The molecule has 3 fully saturated rings. The Morgan fingerprint density at radius 3 is 2.19 bits per heavy atom. The van der Waals surface area contributed by atoms with Gasteiger partial charge in [-0.1, -0.05) is 22.0 Å². The van der Waals surface area contributed by atoms with Crippen LogP contribution in [0.1, 0.15) is 27.9 Å². The zero-order chi connectivity index (χ0) is 25.9. The number of hydrogen-bond donors (Lipinski definition) is 1. The molecule has 0 radical (unpaired) electrons. The number of carbonyl (C=O) groups is 4. The first-order valence-corrected chi connectivity index (χ1v) is 13.2. The minimum absolute atomic E-state index is 0.127. The zero-order valence-corrected chi connectivity index (χ0v) is 22.6. The van der Waals surface area contributed by atoms with Gasteiger partial charge in [-0.25, -0.2) is 4.79 Å². The van der Waals surface area contributed by atoms with Gasteiger partial charge in [0.1, 0.15) is 0 Å². The van der Waals surface area contributed by atoms with E-state index in [1.54, 1.807) is 12.1 Å². The Balaban J connectivity index is 1.26. The van der Waals surface area contributed by atoms with Crippen molar-refractivity contribution in [2.45, 2.75) is 31.0 Å². The van der Waals surface area contributed by atoms with Crippen molar-refractivity contribution in [2.75, 3.05) is 16.8 Å². The van der Waals surface area contributed by atoms with Crippen molar-refractivity contribution in [1.82, 2.24) is 0 Å². The molecular formula is C26H23BrCl2N2O5. The lowest BCUT2D eigenvalue weighted by Crippen LogP contribution is -2.37. The number of nitrogens with one attached hydrogen (secondary N) is 1. The Kier molecular flexibility index (Phi) is 6.64. The standard InChI is InChI=1S/C26H23BrCl2N2O5/c1-11-6-14(7-12(2)21(11)27)30-18(32)10-36-26(35)13-4-3-5-15(8-13)31-24(33)19-16-9-17(20(19)25(31)34)23(29)22(16)28/h3-8,16-17,19-20,22-23H,9-10H2,1-2H3,(H,30,32)/t16-,17-,19-,20-,22+,23+/m1/s1. The van der Waals surface area contributed by atoms with E-state index >= 15 is 0 Å². The van der Waals surface area contributed by atoms with Crippen LogP contribution >= 0.6 is 39.1 Å². The van der Waals surface area contributed by atoms with E-state index in [1.807, 2.05) is 26.0 Å². The molecule has 0 spiro atoms. The van der Waals surface area contributed by atoms with Crippen LogP contribution in [0.4, 0.5) is 11.4 Å². The molecule has 2 aromatic carbocycles. The number of carbonyl (C=O) groups excluding carboxylic acids is 4. The van der Waals surface area contributed by atoms with Crippen molar-refractivity contribution in [3.63, 3.8) is 0 Å². The number of fused-ring (bicyclic) bond motifs is 5. The summed E-state index contributed by atoms with van der Waals surface area (Å²) in [5.41, 5.74) is 2.94. The highest BCUT2D eigenvalue weighted by Crippen LogP contribution is 2.59. The summed E-state index contributed by atoms with van der Waals surface area (Å²) in [6.45, 7) is 3.34. The molecule has 1 aliphatic heterocycles. The van der Waals surface area contributed by atoms with Gasteiger partial charge in [0.2, 0.25) is 11.8 Å². The summed E-state index contributed by atoms with van der Waals surface area (Å²) in [7, 11) is 0. The normalized spacial score (nSPS) is 28.4. The van der Waals surface area contributed by atoms with Gasteiger partial charge in [-0.3, -0.25) is 19.3 Å². The number of imide groups is 1. The monoisotopic (exact) mass is 592 g/mol. The molecule has 0 unspecified atom stereocenters. The van der Waals surface area contributed by atoms with Gasteiger partial charge in [-0.2, -0.15) is 0 Å². The molecule has 1 N–H and O–H groups in total. The predicted octanol–water partition coefficient (Wildman–Crippen LogP) is 4.83. The number of nitrogens with zero attached hydrogens (tertiary/aromatic N) is 1. The number of ether oxygens (including phenoxy) is 1. The van der Waals surface area contributed by atoms with E-state index in [0.29, 0.717) is 12.1 Å². The maximum Gasteiger partial charge on any atom is 0.338 e. The van der Waals surface area contributed by atoms with E-state index in [0.717, 1.165) is 20.5 Å². The molecule has 2 bridgehead atoms. The third-order valence-electron chi connectivity index (χ3n) is 7.38. The van der Waals surface area contributed by atoms with Crippen molar-refractivity contribution in [2.24, 2.45) is 23.7 Å². The van der Waals surface area contributed by atoms with Crippen molar-refractivity contribution < 1.29 is 23.9 Å². The van der Waals surface area contributed by atoms with Crippen molar-refractivity contribution in [1.29, 1.82) is 0 Å². The fourth-order valence-corrected chi connectivity index (χ4v) is 6.93. The lowest BCUT2D eigenvalue weighted by Gasteiger charge is -2.28. The Labute approximate surface area is 226 Å². The second-order valence-electron chi connectivity index (χ2n) is 9.61. The van der Waals surface area contributed by atoms with E-state index in [-0.39, 0.29) is 45.7 Å². The summed E-state index contributed by atoms with van der Waals surface area (Å²) in [6.07, 6.45) is 0.677. The highest BCUT2D eigenvalue weighted by Gasteiger charge is 2.66. The first-order chi connectivity index (χ1) is 17.1. The lowest BCUT2D eigenvalue weighted by molar-refractivity contribution is -0.123. The number of aryl methyl sites for hydroxylation is 2. The SMILES string of the molecule is Cc1cc(NC(=O)COC(=O)c2cccc(N3C(=O)[C@@H]4[C@H]5C[C@@H]([C@H](Cl)[C@H]5Cl)[C@H]4C3=O)c2)cc(C)c1Br. The first kappa shape index (κ1) is 25.2. The molecule has 3 aliphatic rings. The number of rotatable bonds is 5. The van der Waals surface area contributed by atoms with E-state index in [1.165, 1.54) is 12.1 Å². The zero-order valence-electron chi connectivity index (χ0n) is 19.5. The third kappa shape index (κ3) is 4.13. The van der Waals surface area contributed by atoms with Gasteiger partial charge in [-0.15, -0.1) is 23.2 Å². The lowest BCUT2D eigenvalue weighted by atomic mass is 9.80. The van der Waals surface area contributed by atoms with Crippen LogP contribution in [0, 0.1) is 37.5 Å². The number of benzene rings is 2. The summed E-state index contributed by atoms with van der Waals surface area (Å²) in [4.78, 5) is 52.5. The van der Waals surface area contributed by atoms with Crippen molar-refractivity contribution >= 4 is 74.2 Å². The van der Waals surface area contributed by atoms with Crippen LogP contribution in [0.2, 0.25) is 0 Å². The van der Waals surface area contributed by atoms with Gasteiger partial charge >= 0.3 is 5.97 Å². The van der Waals surface area contributed by atoms with Crippen LogP contribution in [0.5, 0.6) is 0 Å². The number of esters is 1. The number of alkyl halides is 2. The predicted molar refractivity (Wildman–Crippen MR) is 139 cm³/mol. The van der Waals surface area contributed by atoms with Crippen LogP contribution in [-0.2, 0) is 19.1 Å². The molecule has 1 heterocycles. The summed E-state index contributed by atoms with van der Waals surface area (Å²) in [5, 5.41) is 2.03. The molecule has 36 heavy (non-hydrogen) atoms. The summed E-state index contributed by atoms with van der Waals surface area (Å²) >= 11 is 16.3. The molecule has 2 aromatic rings. The molecule has 188 valence electrons. The average Bonchev–Trinajstić information content (AvgIpc) is 3.45. The molecule has 10 heteroatoms. The summed E-state index contributed by atoms with van der Waals surface area (Å²) < 4.78 is 6.14. The quantitative estimate of drug-likeness (QED) is 0.304. The first-order valence-electron chi connectivity index (χ1n) is 11.6. The third-order valence-corrected chi connectivity index (χ3v) is 9.95. The fraction of sp³-hybridized carbons (Fsp3) is 0.385. The molecule has 7 nitrogen and oxygen atoms in total. The molecule has 1 saturated heterocycles. The average molecular weight is 594 g/mol. The van der Waals surface area contributed by atoms with Gasteiger partial charge in [0.05, 0.1) is 33.8 Å². The topological polar surface area (TPSA) is 92.8 Å². The van der Waals surface area contributed by atoms with Gasteiger partial charge in [0.15, 0.2) is 6.61 Å². The highest BCUT2D eigenvalue weighted by atomic mass is 79.9. The Morgan fingerprint density at radius 1 is 1.03 bits per heavy atom. The van der Waals surface area contributed by atoms with E-state index in [4.69, 9.17) is 27.9 Å². The minimum atomic E-state index is -0.740. The van der Waals surface area contributed by atoms with Crippen molar-refractivity contribution in [3.05, 3.63) is 57.6 Å². The van der Waals surface area contributed by atoms with E-state index < -0.39 is 30.3 Å². The maximum absolute atomic E-state index is 13.2. The van der Waals surface area contributed by atoms with Crippen molar-refractivity contribution in [3.8, 4) is 0 Å². The largest absolute Gasteiger partial charge is 0.452 e. The Bertz CT molecular complexity index is 1250. The molecule has 2 aliphatic carbocycles. The van der Waals surface area contributed by atoms with Crippen LogP contribution in [-0.4, -0.2) is 41.1 Å². The highest BCUT2D eigenvalue weighted by molar-refractivity contribution is 9.10. The maximum atomic E-state index is 13.2. The molecule has 6 atom stereocenters. The second kappa shape index (κ2) is 9.47. The fourth-order valence-electron chi connectivity index (χ4n) is 5.80. The summed E-state index contributed by atoms with van der Waals surface area (Å²) in [5.74, 6) is -3.06. The van der Waals surface area contributed by atoms with E-state index in [9.17, 15) is 19.2 Å². The molecule has 0 aromatic heterocycles. The second-order valence-corrected chi connectivity index (χ2v) is 11.4. The van der Waals surface area contributed by atoms with Gasteiger partial charge in [0.25, 0.3) is 5.91 Å². The van der Waals surface area contributed by atoms with Crippen LogP contribution in [0.15, 0.2) is 40.9 Å². The van der Waals surface area contributed by atoms with Gasteiger partial charge < -0.3 is 10.1 Å². The van der Waals surface area contributed by atoms with Gasteiger partial charge in [-0.05, 0) is 73.6 Å². The summed E-state index contributed by atoms with van der Waals surface area (Å²) in [6, 6.07) is 9.71. The Hall–Kier alpha value is -2.42. The Morgan fingerprint density at radius 2 is 1.61 bits per heavy atom. The number of hydrogen-bond acceptors (Lipinski definition) is 5. The number of anilines is 2. The van der Waals surface area contributed by atoms with Crippen LogP contribution in [0.25, 0.3) is 0 Å².